The van der Waals surface area contributed by atoms with Crippen LogP contribution in [-0.2, 0) is 0 Å². The van der Waals surface area contributed by atoms with Gasteiger partial charge in [0.05, 0.1) is 21.9 Å². The zero-order chi connectivity index (χ0) is 11.8. The van der Waals surface area contributed by atoms with E-state index in [9.17, 15) is 20.0 Å². The molecule has 1 aliphatic heterocycles. The van der Waals surface area contributed by atoms with Gasteiger partial charge in [0, 0.05) is 0 Å². The molecule has 1 heterocycles. The van der Waals surface area contributed by atoms with Gasteiger partial charge in [0.15, 0.2) is 0 Å². The molecular formula is C8H8N4O4. The van der Waals surface area contributed by atoms with Gasteiger partial charge in [0.2, 0.25) is 0 Å². The van der Waals surface area contributed by atoms with Gasteiger partial charge in [-0.2, -0.15) is 5.01 Å². The average Bonchev–Trinajstić information content (AvgIpc) is 2.27. The van der Waals surface area contributed by atoms with Crippen LogP contribution in [0.5, 0.6) is 0 Å². The van der Waals surface area contributed by atoms with E-state index in [0.29, 0.717) is 5.01 Å². The van der Waals surface area contributed by atoms with Crippen molar-refractivity contribution in [3.63, 3.8) is 0 Å². The van der Waals surface area contributed by atoms with E-state index in [2.05, 4.69) is 10.6 Å². The van der Waals surface area contributed by atoms with Crippen LogP contribution in [0.4, 0.5) is 11.4 Å². The lowest BCUT2D eigenvalue weighted by molar-refractivity contribution is -0.155. The average molecular weight is 224 g/mol. The quantitative estimate of drug-likeness (QED) is 0.553. The molecule has 2 rings (SSSR count). The first kappa shape index (κ1) is 10.5. The number of β-amino-alcohol motifs (C(OH)–C–C–N with tert-alkyl or cyclic N) is 2. The molecule has 84 valence electrons. The number of fused-ring (bicyclic) bond motifs is 1. The van der Waals surface area contributed by atoms with Crippen LogP contribution in [0.2, 0.25) is 0 Å². The second kappa shape index (κ2) is 3.51. The summed E-state index contributed by atoms with van der Waals surface area (Å²) in [7, 11) is 0. The molecule has 0 saturated heterocycles. The summed E-state index contributed by atoms with van der Waals surface area (Å²) in [5.74, 6) is -2.55. The molecule has 0 spiro atoms. The molecule has 0 fully saturated rings. The lowest BCUT2D eigenvalue weighted by Gasteiger charge is -2.38. The van der Waals surface area contributed by atoms with Gasteiger partial charge in [-0.3, -0.25) is 0 Å². The minimum atomic E-state index is -2.55. The van der Waals surface area contributed by atoms with Gasteiger partial charge < -0.3 is 10.2 Å². The van der Waals surface area contributed by atoms with Gasteiger partial charge >= 0.3 is 0 Å². The molecule has 16 heavy (non-hydrogen) atoms. The summed E-state index contributed by atoms with van der Waals surface area (Å²) in [6.45, 7) is -0.556. The summed E-state index contributed by atoms with van der Waals surface area (Å²) in [5, 5.41) is 25.6. The van der Waals surface area contributed by atoms with E-state index in [-0.39, 0.29) is 11.4 Å². The van der Waals surface area contributed by atoms with Crippen LogP contribution in [-0.4, -0.2) is 22.7 Å². The summed E-state index contributed by atoms with van der Waals surface area (Å²) < 4.78 is 0. The Morgan fingerprint density at radius 1 is 1.12 bits per heavy atom. The van der Waals surface area contributed by atoms with Crippen LogP contribution in [0.1, 0.15) is 0 Å². The molecule has 0 radical (unpaired) electrons. The lowest BCUT2D eigenvalue weighted by atomic mass is 10.2. The molecule has 0 aliphatic carbocycles. The second-order valence-electron chi connectivity index (χ2n) is 3.30. The van der Waals surface area contributed by atoms with Gasteiger partial charge in [-0.05, 0) is 12.1 Å². The predicted octanol–water partition coefficient (Wildman–Crippen LogP) is 0.314. The maximum absolute atomic E-state index is 10.6. The molecule has 0 atom stereocenters. The van der Waals surface area contributed by atoms with Crippen molar-refractivity contribution in [2.75, 3.05) is 16.6 Å². The van der Waals surface area contributed by atoms with Crippen molar-refractivity contribution in [3.05, 3.63) is 34.1 Å². The van der Waals surface area contributed by atoms with Crippen molar-refractivity contribution in [2.45, 2.75) is 5.91 Å². The lowest BCUT2D eigenvalue weighted by Crippen LogP contribution is -2.56. The molecule has 8 nitrogen and oxygen atoms in total. The fraction of sp³-hybridized carbons (Fsp3) is 0.250. The van der Waals surface area contributed by atoms with Crippen LogP contribution in [0, 0.1) is 9.81 Å². The molecule has 0 saturated carbocycles. The number of anilines is 2. The SMILES string of the molecule is O=NN1CC(O)(O)N(N=O)c2ccccc21. The fourth-order valence-corrected chi connectivity index (χ4v) is 1.59. The number of aliphatic hydroxyl groups is 2. The van der Waals surface area contributed by atoms with Gasteiger partial charge in [0.1, 0.15) is 6.54 Å². The molecule has 1 aliphatic rings. The number of hydrogen-bond acceptors (Lipinski definition) is 6. The highest BCUT2D eigenvalue weighted by Crippen LogP contribution is 2.37. The van der Waals surface area contributed by atoms with Crippen LogP contribution in [0.3, 0.4) is 0 Å². The number of rotatable bonds is 2. The smallest absolute Gasteiger partial charge is 0.289 e. The normalized spacial score (nSPS) is 17.9. The minimum absolute atomic E-state index is 0.105. The molecule has 8 heteroatoms. The first-order chi connectivity index (χ1) is 7.60. The Balaban J connectivity index is 2.58. The topological polar surface area (TPSA) is 106 Å². The van der Waals surface area contributed by atoms with Gasteiger partial charge in [-0.25, -0.2) is 5.01 Å². The van der Waals surface area contributed by atoms with Crippen molar-refractivity contribution >= 4 is 11.4 Å². The minimum Gasteiger partial charge on any atom is -0.346 e. The Kier molecular flexibility index (Phi) is 2.29. The number of para-hydroxylation sites is 2. The molecule has 0 bridgehead atoms. The zero-order valence-electron chi connectivity index (χ0n) is 8.02. The van der Waals surface area contributed by atoms with Crippen molar-refractivity contribution in [1.82, 2.24) is 0 Å². The van der Waals surface area contributed by atoms with E-state index in [1.54, 1.807) is 12.1 Å². The maximum atomic E-state index is 10.6. The summed E-state index contributed by atoms with van der Waals surface area (Å²) in [4.78, 5) is 21.1. The van der Waals surface area contributed by atoms with E-state index in [1.165, 1.54) is 12.1 Å². The van der Waals surface area contributed by atoms with Gasteiger partial charge in [-0.15, -0.1) is 9.81 Å². The van der Waals surface area contributed by atoms with E-state index in [1.807, 2.05) is 0 Å². The Bertz CT molecular complexity index is 436. The Labute approximate surface area is 89.6 Å². The van der Waals surface area contributed by atoms with Crippen LogP contribution >= 0.6 is 0 Å². The van der Waals surface area contributed by atoms with Gasteiger partial charge in [0.25, 0.3) is 5.91 Å². The highest BCUT2D eigenvalue weighted by atomic mass is 16.5. The molecule has 0 unspecified atom stereocenters. The molecule has 2 N–H and O–H groups in total. The van der Waals surface area contributed by atoms with Crippen molar-refractivity contribution in [2.24, 2.45) is 10.6 Å². The summed E-state index contributed by atoms with van der Waals surface area (Å²) in [6.07, 6.45) is 0. The van der Waals surface area contributed by atoms with Crippen LogP contribution in [0.15, 0.2) is 34.8 Å². The number of hydrogen-bond donors (Lipinski definition) is 2. The van der Waals surface area contributed by atoms with Gasteiger partial charge in [-0.1, -0.05) is 12.1 Å². The van der Waals surface area contributed by atoms with Crippen LogP contribution in [0.25, 0.3) is 0 Å². The summed E-state index contributed by atoms with van der Waals surface area (Å²) >= 11 is 0. The van der Waals surface area contributed by atoms with E-state index in [0.717, 1.165) is 5.01 Å². The van der Waals surface area contributed by atoms with E-state index < -0.39 is 12.5 Å². The summed E-state index contributed by atoms with van der Waals surface area (Å²) in [5.41, 5.74) is 0.393. The largest absolute Gasteiger partial charge is 0.346 e. The standard InChI is InChI=1S/C8H8N4O4/c13-8(14)5-11(9-15)6-3-1-2-4-7(6)12(8)10-16/h1-4,13-14H,5H2. The third kappa shape index (κ3) is 1.40. The maximum Gasteiger partial charge on any atom is 0.289 e. The predicted molar refractivity (Wildman–Crippen MR) is 55.0 cm³/mol. The Morgan fingerprint density at radius 2 is 1.75 bits per heavy atom. The van der Waals surface area contributed by atoms with Crippen molar-refractivity contribution in [1.29, 1.82) is 0 Å². The molecular weight excluding hydrogens is 216 g/mol. The third-order valence-corrected chi connectivity index (χ3v) is 2.27. The van der Waals surface area contributed by atoms with Crippen molar-refractivity contribution < 1.29 is 10.2 Å². The third-order valence-electron chi connectivity index (χ3n) is 2.27. The number of benzene rings is 1. The Morgan fingerprint density at radius 3 is 2.31 bits per heavy atom. The first-order valence-corrected chi connectivity index (χ1v) is 4.38. The highest BCUT2D eigenvalue weighted by molar-refractivity contribution is 5.73. The number of nitrogens with zero attached hydrogens (tertiary/aromatic N) is 4. The van der Waals surface area contributed by atoms with Crippen molar-refractivity contribution in [3.8, 4) is 0 Å². The Hall–Kier alpha value is -2.06. The molecule has 0 aromatic heterocycles. The van der Waals surface area contributed by atoms with E-state index >= 15 is 0 Å². The second-order valence-corrected chi connectivity index (χ2v) is 3.30. The monoisotopic (exact) mass is 224 g/mol. The fourth-order valence-electron chi connectivity index (χ4n) is 1.59. The number of nitroso groups, excluding NO2 is 2. The van der Waals surface area contributed by atoms with E-state index in [4.69, 9.17) is 0 Å². The molecule has 1 aromatic rings. The zero-order valence-corrected chi connectivity index (χ0v) is 8.02. The molecule has 0 amide bonds. The first-order valence-electron chi connectivity index (χ1n) is 4.38. The summed E-state index contributed by atoms with van der Waals surface area (Å²) in [6, 6.07) is 6.14. The molecule has 1 aromatic carbocycles. The highest BCUT2D eigenvalue weighted by Gasteiger charge is 2.43. The van der Waals surface area contributed by atoms with Crippen LogP contribution < -0.4 is 10.0 Å².